The highest BCUT2D eigenvalue weighted by Gasteiger charge is 2.32. The number of hydrogen-bond acceptors (Lipinski definition) is 1. The molecule has 0 aromatic rings. The van der Waals surface area contributed by atoms with Crippen LogP contribution < -0.4 is 0 Å². The van der Waals surface area contributed by atoms with E-state index in [4.69, 9.17) is 11.6 Å². The molecule has 110 valence electrons. The molecule has 0 saturated carbocycles. The summed E-state index contributed by atoms with van der Waals surface area (Å²) in [7, 11) is 0. The SMILES string of the molecule is CC(C)C[N+](CC(C)C)(CC(C)C)CC(O)CCl. The summed E-state index contributed by atoms with van der Waals surface area (Å²) in [6, 6.07) is 0. The molecule has 0 saturated heterocycles. The maximum Gasteiger partial charge on any atom is 0.116 e. The summed E-state index contributed by atoms with van der Waals surface area (Å²) in [5, 5.41) is 9.98. The molecule has 0 bridgehead atoms. The standard InChI is InChI=1S/C15H33ClNO/c1-12(2)8-17(9-13(3)4,10-14(5)6)11-15(18)7-16/h12-15,18H,7-11H2,1-6H3/q+1. The monoisotopic (exact) mass is 278 g/mol. The van der Waals surface area contributed by atoms with Gasteiger partial charge in [-0.2, -0.15) is 0 Å². The molecule has 0 aliphatic carbocycles. The number of halogens is 1. The van der Waals surface area contributed by atoms with Gasteiger partial charge in [0.25, 0.3) is 0 Å². The van der Waals surface area contributed by atoms with Crippen molar-refractivity contribution in [3.63, 3.8) is 0 Å². The van der Waals surface area contributed by atoms with Gasteiger partial charge in [0.05, 0.1) is 25.5 Å². The Bertz CT molecular complexity index is 190. The van der Waals surface area contributed by atoms with Crippen molar-refractivity contribution in [2.24, 2.45) is 17.8 Å². The molecule has 0 rings (SSSR count). The molecule has 0 aliphatic rings. The highest BCUT2D eigenvalue weighted by atomic mass is 35.5. The van der Waals surface area contributed by atoms with Crippen molar-refractivity contribution in [1.29, 1.82) is 0 Å². The maximum atomic E-state index is 9.98. The molecule has 1 unspecified atom stereocenters. The third kappa shape index (κ3) is 7.60. The number of rotatable bonds is 9. The van der Waals surface area contributed by atoms with E-state index >= 15 is 0 Å². The van der Waals surface area contributed by atoms with Gasteiger partial charge in [-0.15, -0.1) is 11.6 Å². The second kappa shape index (κ2) is 8.39. The number of nitrogens with zero attached hydrogens (tertiary/aromatic N) is 1. The summed E-state index contributed by atoms with van der Waals surface area (Å²) in [5.41, 5.74) is 0. The number of quaternary nitrogens is 1. The van der Waals surface area contributed by atoms with Gasteiger partial charge in [-0.3, -0.25) is 0 Å². The van der Waals surface area contributed by atoms with Crippen LogP contribution >= 0.6 is 11.6 Å². The minimum Gasteiger partial charge on any atom is -0.386 e. The van der Waals surface area contributed by atoms with Gasteiger partial charge in [0.15, 0.2) is 0 Å². The topological polar surface area (TPSA) is 20.2 Å². The van der Waals surface area contributed by atoms with Crippen molar-refractivity contribution in [3.05, 3.63) is 0 Å². The molecule has 2 nitrogen and oxygen atoms in total. The zero-order chi connectivity index (χ0) is 14.3. The van der Waals surface area contributed by atoms with Crippen LogP contribution in [0.1, 0.15) is 41.5 Å². The summed E-state index contributed by atoms with van der Waals surface area (Å²) in [5.74, 6) is 2.27. The van der Waals surface area contributed by atoms with Gasteiger partial charge in [0, 0.05) is 17.8 Å². The third-order valence-corrected chi connectivity index (χ3v) is 3.39. The molecule has 0 aliphatic heterocycles. The van der Waals surface area contributed by atoms with Crippen LogP contribution in [0.25, 0.3) is 0 Å². The summed E-state index contributed by atoms with van der Waals surface area (Å²) < 4.78 is 1.00. The molecule has 0 fully saturated rings. The lowest BCUT2D eigenvalue weighted by Gasteiger charge is -2.43. The van der Waals surface area contributed by atoms with Crippen LogP contribution in [-0.4, -0.2) is 47.8 Å². The first kappa shape index (κ1) is 18.2. The van der Waals surface area contributed by atoms with Gasteiger partial charge in [-0.1, -0.05) is 41.5 Å². The van der Waals surface area contributed by atoms with Crippen LogP contribution in [0.3, 0.4) is 0 Å². The third-order valence-electron chi connectivity index (χ3n) is 3.03. The molecule has 1 N–H and O–H groups in total. The van der Waals surface area contributed by atoms with E-state index in [1.165, 1.54) is 0 Å². The summed E-state index contributed by atoms with van der Waals surface area (Å²) in [6.45, 7) is 17.8. The summed E-state index contributed by atoms with van der Waals surface area (Å²) in [4.78, 5) is 0. The Morgan fingerprint density at radius 2 is 1.11 bits per heavy atom. The van der Waals surface area contributed by atoms with Gasteiger partial charge in [0.1, 0.15) is 12.6 Å². The Hall–Kier alpha value is 0.210. The Morgan fingerprint density at radius 1 is 0.778 bits per heavy atom. The predicted octanol–water partition coefficient (Wildman–Crippen LogP) is 3.37. The van der Waals surface area contributed by atoms with Crippen LogP contribution in [0.15, 0.2) is 0 Å². The van der Waals surface area contributed by atoms with Gasteiger partial charge in [-0.25, -0.2) is 0 Å². The molecule has 0 spiro atoms. The van der Waals surface area contributed by atoms with Crippen molar-refractivity contribution < 1.29 is 9.59 Å². The van der Waals surface area contributed by atoms with Crippen LogP contribution in [0.5, 0.6) is 0 Å². The van der Waals surface area contributed by atoms with E-state index in [0.29, 0.717) is 23.6 Å². The summed E-state index contributed by atoms with van der Waals surface area (Å²) in [6.07, 6.45) is -0.386. The number of aliphatic hydroxyl groups is 1. The smallest absolute Gasteiger partial charge is 0.116 e. The highest BCUT2D eigenvalue weighted by molar-refractivity contribution is 6.18. The predicted molar refractivity (Wildman–Crippen MR) is 81.0 cm³/mol. The number of hydrogen-bond donors (Lipinski definition) is 1. The fraction of sp³-hybridized carbons (Fsp3) is 1.00. The highest BCUT2D eigenvalue weighted by Crippen LogP contribution is 2.20. The van der Waals surface area contributed by atoms with Crippen LogP contribution in [0.2, 0.25) is 0 Å². The second-order valence-electron chi connectivity index (χ2n) is 7.06. The Morgan fingerprint density at radius 3 is 1.33 bits per heavy atom. The fourth-order valence-corrected chi connectivity index (χ4v) is 3.36. The molecular formula is C15H33ClNO+. The number of alkyl halides is 1. The number of aliphatic hydroxyl groups excluding tert-OH is 1. The molecule has 0 aromatic carbocycles. The lowest BCUT2D eigenvalue weighted by Crippen LogP contribution is -2.57. The van der Waals surface area contributed by atoms with E-state index in [1.807, 2.05) is 0 Å². The normalized spacial score (nSPS) is 14.8. The molecule has 18 heavy (non-hydrogen) atoms. The largest absolute Gasteiger partial charge is 0.386 e. The van der Waals surface area contributed by atoms with E-state index < -0.39 is 0 Å². The van der Waals surface area contributed by atoms with Crippen LogP contribution in [0, 0.1) is 17.8 Å². The van der Waals surface area contributed by atoms with Crippen molar-refractivity contribution in [2.45, 2.75) is 47.6 Å². The molecule has 1 atom stereocenters. The Balaban J connectivity index is 4.97. The minimum atomic E-state index is -0.386. The van der Waals surface area contributed by atoms with E-state index in [1.54, 1.807) is 0 Å². The first-order chi connectivity index (χ1) is 8.20. The van der Waals surface area contributed by atoms with Crippen molar-refractivity contribution in [3.8, 4) is 0 Å². The van der Waals surface area contributed by atoms with Crippen molar-refractivity contribution >= 4 is 11.6 Å². The lowest BCUT2D eigenvalue weighted by atomic mass is 10.0. The Kier molecular flexibility index (Phi) is 8.49. The average molecular weight is 279 g/mol. The Labute approximate surface area is 119 Å². The minimum absolute atomic E-state index is 0.342. The molecule has 3 heteroatoms. The van der Waals surface area contributed by atoms with Gasteiger partial charge >= 0.3 is 0 Å². The molecule has 0 aromatic heterocycles. The maximum absolute atomic E-state index is 9.98. The van der Waals surface area contributed by atoms with Crippen molar-refractivity contribution in [1.82, 2.24) is 0 Å². The van der Waals surface area contributed by atoms with E-state index in [9.17, 15) is 5.11 Å². The zero-order valence-corrected chi connectivity index (χ0v) is 13.9. The average Bonchev–Trinajstić information content (AvgIpc) is 2.12. The summed E-state index contributed by atoms with van der Waals surface area (Å²) >= 11 is 5.81. The lowest BCUT2D eigenvalue weighted by molar-refractivity contribution is -0.938. The molecule has 0 radical (unpaired) electrons. The van der Waals surface area contributed by atoms with Crippen LogP contribution in [-0.2, 0) is 0 Å². The van der Waals surface area contributed by atoms with Gasteiger partial charge in [0.2, 0.25) is 0 Å². The first-order valence-electron chi connectivity index (χ1n) is 7.30. The molecule has 0 heterocycles. The molecular weight excluding hydrogens is 246 g/mol. The van der Waals surface area contributed by atoms with Gasteiger partial charge < -0.3 is 9.59 Å². The van der Waals surface area contributed by atoms with Crippen molar-refractivity contribution in [2.75, 3.05) is 32.1 Å². The van der Waals surface area contributed by atoms with Crippen LogP contribution in [0.4, 0.5) is 0 Å². The van der Waals surface area contributed by atoms with E-state index in [2.05, 4.69) is 41.5 Å². The van der Waals surface area contributed by atoms with E-state index in [0.717, 1.165) is 30.7 Å². The fourth-order valence-electron chi connectivity index (χ4n) is 3.27. The first-order valence-corrected chi connectivity index (χ1v) is 7.83. The second-order valence-corrected chi connectivity index (χ2v) is 7.37. The quantitative estimate of drug-likeness (QED) is 0.506. The zero-order valence-electron chi connectivity index (χ0n) is 13.1. The van der Waals surface area contributed by atoms with E-state index in [-0.39, 0.29) is 6.10 Å². The molecule has 0 amide bonds. The van der Waals surface area contributed by atoms with Gasteiger partial charge in [-0.05, 0) is 0 Å².